The number of aryl methyl sites for hydroxylation is 1. The second kappa shape index (κ2) is 5.24. The Morgan fingerprint density at radius 1 is 1.67 bits per heavy atom. The number of nitrogens with zero attached hydrogens (tertiary/aromatic N) is 1. The zero-order valence-corrected chi connectivity index (χ0v) is 8.66. The van der Waals surface area contributed by atoms with Crippen LogP contribution in [0.25, 0.3) is 6.08 Å². The lowest BCUT2D eigenvalue weighted by Crippen LogP contribution is -1.97. The molecule has 0 amide bonds. The van der Waals surface area contributed by atoms with Gasteiger partial charge in [-0.3, -0.25) is 4.79 Å². The molecule has 1 rings (SSSR count). The molecule has 0 radical (unpaired) electrons. The molecule has 1 aromatic heterocycles. The molecule has 80 valence electrons. The van der Waals surface area contributed by atoms with Crippen LogP contribution in [0.1, 0.15) is 17.5 Å². The van der Waals surface area contributed by atoms with Crippen LogP contribution in [0.5, 0.6) is 0 Å². The van der Waals surface area contributed by atoms with E-state index in [9.17, 15) is 9.18 Å². The lowest BCUT2D eigenvalue weighted by molar-refractivity contribution is -0.139. The van der Waals surface area contributed by atoms with Gasteiger partial charge in [0.25, 0.3) is 0 Å². The van der Waals surface area contributed by atoms with E-state index in [4.69, 9.17) is 0 Å². The first-order valence-corrected chi connectivity index (χ1v) is 4.49. The number of carbonyl (C=O) groups is 1. The Kier molecular flexibility index (Phi) is 3.97. The van der Waals surface area contributed by atoms with Crippen LogP contribution in [0.3, 0.4) is 0 Å². The smallest absolute Gasteiger partial charge is 0.309 e. The largest absolute Gasteiger partial charge is 0.469 e. The van der Waals surface area contributed by atoms with Crippen molar-refractivity contribution in [2.24, 2.45) is 0 Å². The highest BCUT2D eigenvalue weighted by Gasteiger charge is 2.00. The molecule has 0 saturated heterocycles. The molecule has 0 bridgehead atoms. The van der Waals surface area contributed by atoms with Crippen LogP contribution in [0.15, 0.2) is 18.3 Å². The lowest BCUT2D eigenvalue weighted by Gasteiger charge is -1.97. The van der Waals surface area contributed by atoms with Gasteiger partial charge in [0.1, 0.15) is 0 Å². The zero-order chi connectivity index (χ0) is 11.3. The van der Waals surface area contributed by atoms with Gasteiger partial charge >= 0.3 is 5.97 Å². The zero-order valence-electron chi connectivity index (χ0n) is 8.66. The van der Waals surface area contributed by atoms with Crippen molar-refractivity contribution in [1.29, 1.82) is 0 Å². The van der Waals surface area contributed by atoms with Crippen molar-refractivity contribution >= 4 is 12.0 Å². The van der Waals surface area contributed by atoms with Crippen molar-refractivity contribution in [1.82, 2.24) is 4.98 Å². The van der Waals surface area contributed by atoms with Crippen molar-refractivity contribution in [2.45, 2.75) is 13.3 Å². The second-order valence-corrected chi connectivity index (χ2v) is 3.08. The molecule has 0 fully saturated rings. The van der Waals surface area contributed by atoms with E-state index in [-0.39, 0.29) is 12.4 Å². The van der Waals surface area contributed by atoms with Crippen molar-refractivity contribution in [3.8, 4) is 0 Å². The van der Waals surface area contributed by atoms with Crippen molar-refractivity contribution in [3.63, 3.8) is 0 Å². The normalized spacial score (nSPS) is 10.6. The van der Waals surface area contributed by atoms with E-state index < -0.39 is 5.95 Å². The SMILES string of the molecule is COC(=O)CC=Cc1cc(C)cnc1F. The fourth-order valence-corrected chi connectivity index (χ4v) is 1.06. The number of methoxy groups -OCH3 is 1. The average Bonchev–Trinajstić information content (AvgIpc) is 2.23. The fourth-order valence-electron chi connectivity index (χ4n) is 1.06. The van der Waals surface area contributed by atoms with Crippen LogP contribution in [-0.2, 0) is 9.53 Å². The minimum atomic E-state index is -0.540. The van der Waals surface area contributed by atoms with Gasteiger partial charge in [0, 0.05) is 11.8 Å². The summed E-state index contributed by atoms with van der Waals surface area (Å²) in [6.07, 6.45) is 4.65. The van der Waals surface area contributed by atoms with Crippen LogP contribution in [0.2, 0.25) is 0 Å². The first-order valence-electron chi connectivity index (χ1n) is 4.49. The maximum absolute atomic E-state index is 13.1. The molecule has 0 aliphatic heterocycles. The van der Waals surface area contributed by atoms with Crippen LogP contribution in [-0.4, -0.2) is 18.1 Å². The molecule has 0 aromatic carbocycles. The first kappa shape index (κ1) is 11.4. The van der Waals surface area contributed by atoms with Gasteiger partial charge in [-0.05, 0) is 18.6 Å². The maximum atomic E-state index is 13.1. The van der Waals surface area contributed by atoms with Gasteiger partial charge < -0.3 is 4.74 Å². The standard InChI is InChI=1S/C11H12FNO2/c1-8-6-9(11(12)13-7-8)4-3-5-10(14)15-2/h3-4,6-7H,5H2,1-2H3. The summed E-state index contributed by atoms with van der Waals surface area (Å²) in [5, 5.41) is 0. The molecule has 0 aliphatic carbocycles. The molecule has 4 heteroatoms. The van der Waals surface area contributed by atoms with E-state index in [1.54, 1.807) is 12.1 Å². The fraction of sp³-hybridized carbons (Fsp3) is 0.273. The number of aromatic nitrogens is 1. The predicted molar refractivity (Wildman–Crippen MR) is 54.6 cm³/mol. The second-order valence-electron chi connectivity index (χ2n) is 3.08. The molecule has 15 heavy (non-hydrogen) atoms. The molecule has 0 saturated carbocycles. The van der Waals surface area contributed by atoms with Gasteiger partial charge in [-0.2, -0.15) is 4.39 Å². The minimum Gasteiger partial charge on any atom is -0.469 e. The summed E-state index contributed by atoms with van der Waals surface area (Å²) in [6, 6.07) is 1.66. The summed E-state index contributed by atoms with van der Waals surface area (Å²) < 4.78 is 17.5. The minimum absolute atomic E-state index is 0.129. The average molecular weight is 209 g/mol. The summed E-state index contributed by atoms with van der Waals surface area (Å²) in [6.45, 7) is 1.82. The number of carbonyl (C=O) groups excluding carboxylic acids is 1. The maximum Gasteiger partial charge on any atom is 0.309 e. The Hall–Kier alpha value is -1.71. The number of hydrogen-bond acceptors (Lipinski definition) is 3. The third-order valence-corrected chi connectivity index (χ3v) is 1.81. The van der Waals surface area contributed by atoms with Crippen LogP contribution < -0.4 is 0 Å². The lowest BCUT2D eigenvalue weighted by atomic mass is 10.2. The summed E-state index contributed by atoms with van der Waals surface area (Å²) >= 11 is 0. The molecule has 1 heterocycles. The van der Waals surface area contributed by atoms with Crippen LogP contribution in [0, 0.1) is 12.9 Å². The number of ether oxygens (including phenoxy) is 1. The molecule has 0 atom stereocenters. The van der Waals surface area contributed by atoms with E-state index in [1.165, 1.54) is 19.4 Å². The Labute approximate surface area is 87.6 Å². The third-order valence-electron chi connectivity index (χ3n) is 1.81. The van der Waals surface area contributed by atoms with Crippen LogP contribution >= 0.6 is 0 Å². The van der Waals surface area contributed by atoms with E-state index in [0.29, 0.717) is 5.56 Å². The van der Waals surface area contributed by atoms with Gasteiger partial charge in [-0.25, -0.2) is 4.98 Å². The number of pyridine rings is 1. The van der Waals surface area contributed by atoms with Gasteiger partial charge in [-0.15, -0.1) is 0 Å². The number of esters is 1. The molecular formula is C11H12FNO2. The number of halogens is 1. The molecule has 3 nitrogen and oxygen atoms in total. The van der Waals surface area contributed by atoms with E-state index in [1.807, 2.05) is 6.92 Å². The Morgan fingerprint density at radius 2 is 2.40 bits per heavy atom. The quantitative estimate of drug-likeness (QED) is 0.565. The summed E-state index contributed by atoms with van der Waals surface area (Å²) in [5.41, 5.74) is 1.24. The molecule has 0 unspecified atom stereocenters. The highest BCUT2D eigenvalue weighted by atomic mass is 19.1. The van der Waals surface area contributed by atoms with Crippen LogP contribution in [0.4, 0.5) is 4.39 Å². The van der Waals surface area contributed by atoms with E-state index in [2.05, 4.69) is 9.72 Å². The van der Waals surface area contributed by atoms with E-state index >= 15 is 0 Å². The van der Waals surface area contributed by atoms with Gasteiger partial charge in [0.2, 0.25) is 5.95 Å². The number of hydrogen-bond donors (Lipinski definition) is 0. The molecule has 0 spiro atoms. The van der Waals surface area contributed by atoms with Gasteiger partial charge in [0.05, 0.1) is 13.5 Å². The summed E-state index contributed by atoms with van der Waals surface area (Å²) in [7, 11) is 1.31. The molecule has 1 aromatic rings. The number of rotatable bonds is 3. The van der Waals surface area contributed by atoms with Gasteiger partial charge in [0.15, 0.2) is 0 Å². The first-order chi connectivity index (χ1) is 7.13. The van der Waals surface area contributed by atoms with Crippen molar-refractivity contribution < 1.29 is 13.9 Å². The molecule has 0 N–H and O–H groups in total. The van der Waals surface area contributed by atoms with Crippen molar-refractivity contribution in [3.05, 3.63) is 35.4 Å². The predicted octanol–water partition coefficient (Wildman–Crippen LogP) is 2.11. The van der Waals surface area contributed by atoms with Gasteiger partial charge in [-0.1, -0.05) is 12.2 Å². The highest BCUT2D eigenvalue weighted by molar-refractivity contribution is 5.72. The monoisotopic (exact) mass is 209 g/mol. The topological polar surface area (TPSA) is 39.2 Å². The summed E-state index contributed by atoms with van der Waals surface area (Å²) in [5.74, 6) is -0.894. The molecule has 0 aliphatic rings. The third kappa shape index (κ3) is 3.50. The van der Waals surface area contributed by atoms with E-state index in [0.717, 1.165) is 5.56 Å². The van der Waals surface area contributed by atoms with Crippen molar-refractivity contribution in [2.75, 3.05) is 7.11 Å². The molecular weight excluding hydrogens is 197 g/mol. The Balaban J connectivity index is 2.71. The Bertz CT molecular complexity index is 388. The summed E-state index contributed by atoms with van der Waals surface area (Å²) in [4.78, 5) is 14.3. The highest BCUT2D eigenvalue weighted by Crippen LogP contribution is 2.09. The Morgan fingerprint density at radius 3 is 3.07 bits per heavy atom.